The number of benzene rings is 1. The maximum absolute atomic E-state index is 11.9. The van der Waals surface area contributed by atoms with Gasteiger partial charge in [0.15, 0.2) is 0 Å². The normalized spacial score (nSPS) is 10.2. The second-order valence-corrected chi connectivity index (χ2v) is 5.05. The SMILES string of the molecule is COCC(=O)N(CCC(N)=S)Cc1ccc(Cl)cc1. The zero-order chi connectivity index (χ0) is 14.3. The number of nitrogens with two attached hydrogens (primary N) is 1. The number of hydrogen-bond donors (Lipinski definition) is 1. The summed E-state index contributed by atoms with van der Waals surface area (Å²) in [6, 6.07) is 7.36. The number of methoxy groups -OCH3 is 1. The van der Waals surface area contributed by atoms with Gasteiger partial charge in [-0.25, -0.2) is 0 Å². The first-order valence-electron chi connectivity index (χ1n) is 5.82. The van der Waals surface area contributed by atoms with Crippen LogP contribution < -0.4 is 5.73 Å². The summed E-state index contributed by atoms with van der Waals surface area (Å²) >= 11 is 10.7. The molecule has 0 aliphatic heterocycles. The smallest absolute Gasteiger partial charge is 0.248 e. The Hall–Kier alpha value is -1.17. The Labute approximate surface area is 123 Å². The number of ether oxygens (including phenoxy) is 1. The van der Waals surface area contributed by atoms with Crippen molar-refractivity contribution in [3.05, 3.63) is 34.9 Å². The second-order valence-electron chi connectivity index (χ2n) is 4.09. The third kappa shape index (κ3) is 6.00. The van der Waals surface area contributed by atoms with Crippen LogP contribution in [0.15, 0.2) is 24.3 Å². The highest BCUT2D eigenvalue weighted by Gasteiger charge is 2.13. The summed E-state index contributed by atoms with van der Waals surface area (Å²) in [6.07, 6.45) is 0.498. The minimum absolute atomic E-state index is 0.0466. The molecule has 0 spiro atoms. The number of amides is 1. The van der Waals surface area contributed by atoms with Crippen molar-refractivity contribution in [1.29, 1.82) is 0 Å². The van der Waals surface area contributed by atoms with Crippen LogP contribution in [0.2, 0.25) is 5.02 Å². The molecule has 0 atom stereocenters. The molecule has 0 saturated carbocycles. The van der Waals surface area contributed by atoms with Crippen molar-refractivity contribution in [2.24, 2.45) is 5.73 Å². The van der Waals surface area contributed by atoms with Crippen molar-refractivity contribution in [3.63, 3.8) is 0 Å². The Bertz CT molecular complexity index is 437. The van der Waals surface area contributed by atoms with Crippen LogP contribution in [0, 0.1) is 0 Å². The van der Waals surface area contributed by atoms with Gasteiger partial charge in [0, 0.05) is 31.6 Å². The molecule has 0 aromatic heterocycles. The average molecular weight is 301 g/mol. The number of rotatable bonds is 7. The number of carbonyl (C=O) groups excluding carboxylic acids is 1. The van der Waals surface area contributed by atoms with Gasteiger partial charge in [-0.2, -0.15) is 0 Å². The average Bonchev–Trinajstić information content (AvgIpc) is 2.36. The Balaban J connectivity index is 2.69. The quantitative estimate of drug-likeness (QED) is 0.783. The van der Waals surface area contributed by atoms with E-state index in [9.17, 15) is 4.79 Å². The Kier molecular flexibility index (Phi) is 6.77. The number of carbonyl (C=O) groups is 1. The van der Waals surface area contributed by atoms with Crippen molar-refractivity contribution in [2.75, 3.05) is 20.3 Å². The van der Waals surface area contributed by atoms with E-state index in [0.717, 1.165) is 5.56 Å². The first-order chi connectivity index (χ1) is 9.02. The molecular weight excluding hydrogens is 284 g/mol. The highest BCUT2D eigenvalue weighted by Crippen LogP contribution is 2.12. The van der Waals surface area contributed by atoms with E-state index in [2.05, 4.69) is 0 Å². The molecule has 0 bridgehead atoms. The maximum atomic E-state index is 11.9. The molecule has 0 aliphatic rings. The van der Waals surface area contributed by atoms with Crippen molar-refractivity contribution in [3.8, 4) is 0 Å². The Morgan fingerprint density at radius 3 is 2.58 bits per heavy atom. The van der Waals surface area contributed by atoms with Crippen LogP contribution in [0.5, 0.6) is 0 Å². The molecule has 0 saturated heterocycles. The number of halogens is 1. The fourth-order valence-electron chi connectivity index (χ4n) is 1.56. The number of hydrogen-bond acceptors (Lipinski definition) is 3. The summed E-state index contributed by atoms with van der Waals surface area (Å²) in [7, 11) is 1.49. The van der Waals surface area contributed by atoms with Gasteiger partial charge in [-0.1, -0.05) is 36.0 Å². The summed E-state index contributed by atoms with van der Waals surface area (Å²) in [5.41, 5.74) is 6.47. The molecular formula is C13H17ClN2O2S. The summed E-state index contributed by atoms with van der Waals surface area (Å²) < 4.78 is 4.87. The minimum atomic E-state index is -0.0892. The molecule has 6 heteroatoms. The summed E-state index contributed by atoms with van der Waals surface area (Å²) in [6.45, 7) is 1.02. The standard InChI is InChI=1S/C13H17ClN2O2S/c1-18-9-13(17)16(7-6-12(15)19)8-10-2-4-11(14)5-3-10/h2-5H,6-9H2,1H3,(H2,15,19). The lowest BCUT2D eigenvalue weighted by Gasteiger charge is -2.22. The van der Waals surface area contributed by atoms with Crippen molar-refractivity contribution in [1.82, 2.24) is 4.90 Å². The van der Waals surface area contributed by atoms with E-state index in [-0.39, 0.29) is 12.5 Å². The van der Waals surface area contributed by atoms with Gasteiger partial charge in [0.2, 0.25) is 5.91 Å². The first-order valence-corrected chi connectivity index (χ1v) is 6.61. The van der Waals surface area contributed by atoms with Crippen molar-refractivity contribution >= 4 is 34.7 Å². The zero-order valence-corrected chi connectivity index (χ0v) is 12.3. The van der Waals surface area contributed by atoms with Crippen molar-refractivity contribution < 1.29 is 9.53 Å². The molecule has 0 fully saturated rings. The lowest BCUT2D eigenvalue weighted by Crippen LogP contribution is -2.35. The summed E-state index contributed by atoms with van der Waals surface area (Å²) in [5, 5.41) is 0.668. The van der Waals surface area contributed by atoms with Gasteiger partial charge in [-0.3, -0.25) is 4.79 Å². The Morgan fingerprint density at radius 2 is 2.05 bits per heavy atom. The third-order valence-electron chi connectivity index (χ3n) is 2.54. The van der Waals surface area contributed by atoms with E-state index >= 15 is 0 Å². The second kappa shape index (κ2) is 8.09. The molecule has 0 aliphatic carbocycles. The van der Waals surface area contributed by atoms with Gasteiger partial charge < -0.3 is 15.4 Å². The van der Waals surface area contributed by atoms with Crippen LogP contribution >= 0.6 is 23.8 Å². The van der Waals surface area contributed by atoms with Gasteiger partial charge in [0.05, 0.1) is 4.99 Å². The van der Waals surface area contributed by atoms with E-state index in [1.807, 2.05) is 12.1 Å². The number of nitrogens with zero attached hydrogens (tertiary/aromatic N) is 1. The van der Waals surface area contributed by atoms with Gasteiger partial charge in [-0.05, 0) is 17.7 Å². The van der Waals surface area contributed by atoms with Gasteiger partial charge in [0.25, 0.3) is 0 Å². The van der Waals surface area contributed by atoms with Gasteiger partial charge in [0.1, 0.15) is 6.61 Å². The van der Waals surface area contributed by atoms with Gasteiger partial charge in [-0.15, -0.1) is 0 Å². The molecule has 0 radical (unpaired) electrons. The van der Waals surface area contributed by atoms with Gasteiger partial charge >= 0.3 is 0 Å². The van der Waals surface area contributed by atoms with Crippen LogP contribution in [0.1, 0.15) is 12.0 Å². The highest BCUT2D eigenvalue weighted by atomic mass is 35.5. The van der Waals surface area contributed by atoms with Crippen LogP contribution in [0.25, 0.3) is 0 Å². The van der Waals surface area contributed by atoms with Crippen LogP contribution in [-0.4, -0.2) is 36.1 Å². The predicted molar refractivity (Wildman–Crippen MR) is 80.1 cm³/mol. The molecule has 1 aromatic rings. The molecule has 0 unspecified atom stereocenters. The largest absolute Gasteiger partial charge is 0.393 e. The van der Waals surface area contributed by atoms with E-state index in [4.69, 9.17) is 34.3 Å². The summed E-state index contributed by atoms with van der Waals surface area (Å²) in [4.78, 5) is 14.0. The van der Waals surface area contributed by atoms with Crippen LogP contribution in [0.3, 0.4) is 0 Å². The molecule has 19 heavy (non-hydrogen) atoms. The molecule has 104 valence electrons. The fourth-order valence-corrected chi connectivity index (χ4v) is 1.78. The lowest BCUT2D eigenvalue weighted by atomic mass is 10.2. The predicted octanol–water partition coefficient (Wildman–Crippen LogP) is 1.99. The molecule has 0 heterocycles. The lowest BCUT2D eigenvalue weighted by molar-refractivity contribution is -0.135. The molecule has 1 rings (SSSR count). The summed E-state index contributed by atoms with van der Waals surface area (Å²) in [5.74, 6) is -0.0892. The van der Waals surface area contributed by atoms with E-state index in [0.29, 0.717) is 29.5 Å². The number of thiocarbonyl (C=S) groups is 1. The zero-order valence-electron chi connectivity index (χ0n) is 10.8. The van der Waals surface area contributed by atoms with E-state index in [1.165, 1.54) is 7.11 Å². The van der Waals surface area contributed by atoms with Crippen LogP contribution in [0.4, 0.5) is 0 Å². The molecule has 1 aromatic carbocycles. The minimum Gasteiger partial charge on any atom is -0.393 e. The third-order valence-corrected chi connectivity index (χ3v) is 2.99. The molecule has 4 nitrogen and oxygen atoms in total. The van der Waals surface area contributed by atoms with Crippen molar-refractivity contribution in [2.45, 2.75) is 13.0 Å². The molecule has 1 amide bonds. The maximum Gasteiger partial charge on any atom is 0.248 e. The van der Waals surface area contributed by atoms with Crippen LogP contribution in [-0.2, 0) is 16.1 Å². The van der Waals surface area contributed by atoms with E-state index in [1.54, 1.807) is 17.0 Å². The topological polar surface area (TPSA) is 55.6 Å². The monoisotopic (exact) mass is 300 g/mol. The molecule has 2 N–H and O–H groups in total. The van der Waals surface area contributed by atoms with E-state index < -0.39 is 0 Å². The first kappa shape index (κ1) is 15.9. The highest BCUT2D eigenvalue weighted by molar-refractivity contribution is 7.80. The Morgan fingerprint density at radius 1 is 1.42 bits per heavy atom. The fraction of sp³-hybridized carbons (Fsp3) is 0.385.